The molecule has 0 radical (unpaired) electrons. The highest BCUT2D eigenvalue weighted by Crippen LogP contribution is 2.26. The third-order valence-corrected chi connectivity index (χ3v) is 3.08. The Morgan fingerprint density at radius 2 is 1.88 bits per heavy atom. The summed E-state index contributed by atoms with van der Waals surface area (Å²) in [5, 5.41) is 0. The first kappa shape index (κ1) is 9.72. The van der Waals surface area contributed by atoms with Crippen molar-refractivity contribution in [2.24, 2.45) is 0 Å². The topological polar surface area (TPSA) is 9.23 Å². The van der Waals surface area contributed by atoms with Crippen LogP contribution < -0.4 is 4.74 Å². The van der Waals surface area contributed by atoms with Crippen molar-refractivity contribution in [2.75, 3.05) is 0 Å². The van der Waals surface area contributed by atoms with Crippen molar-refractivity contribution >= 4 is 15.9 Å². The summed E-state index contributed by atoms with van der Waals surface area (Å²) in [6, 6.07) is 15.2. The van der Waals surface area contributed by atoms with Crippen LogP contribution in [-0.2, 0) is 13.0 Å². The largest absolute Gasteiger partial charge is 0.488 e. The fraction of sp³-hybridized carbons (Fsp3) is 0.200. The zero-order valence-corrected chi connectivity index (χ0v) is 11.2. The van der Waals surface area contributed by atoms with Gasteiger partial charge in [-0.15, -0.1) is 0 Å². The molecule has 0 fully saturated rings. The highest BCUT2D eigenvalue weighted by molar-refractivity contribution is 9.10. The van der Waals surface area contributed by atoms with Crippen molar-refractivity contribution in [3.63, 3.8) is 0 Å². The van der Waals surface area contributed by atoms with E-state index < -0.39 is 6.37 Å². The Morgan fingerprint density at radius 3 is 2.53 bits per heavy atom. The zero-order valence-electron chi connectivity index (χ0n) is 11.6. The molecule has 0 aromatic heterocycles. The van der Waals surface area contributed by atoms with Crippen molar-refractivity contribution in [3.05, 3.63) is 64.1 Å². The minimum Gasteiger partial charge on any atom is -0.488 e. The van der Waals surface area contributed by atoms with Crippen LogP contribution in [0.25, 0.3) is 0 Å². The summed E-state index contributed by atoms with van der Waals surface area (Å²) in [5.74, 6) is 0.719. The SMILES string of the molecule is [2H]C([2H])(C)c1ccc(OCc2ccccc2)c(Br)c1. The summed E-state index contributed by atoms with van der Waals surface area (Å²) in [6.07, 6.45) is -1.35. The number of rotatable bonds is 4. The van der Waals surface area contributed by atoms with Crippen molar-refractivity contribution in [2.45, 2.75) is 19.9 Å². The van der Waals surface area contributed by atoms with E-state index in [1.807, 2.05) is 30.3 Å². The zero-order chi connectivity index (χ0) is 13.9. The summed E-state index contributed by atoms with van der Waals surface area (Å²) in [6.45, 7) is 2.04. The second kappa shape index (κ2) is 5.87. The van der Waals surface area contributed by atoms with Crippen LogP contribution in [0.3, 0.4) is 0 Å². The Hall–Kier alpha value is -1.28. The molecule has 0 spiro atoms. The van der Waals surface area contributed by atoms with Gasteiger partial charge in [0.15, 0.2) is 0 Å². The second-order valence-corrected chi connectivity index (χ2v) is 4.52. The Morgan fingerprint density at radius 1 is 1.12 bits per heavy atom. The fourth-order valence-corrected chi connectivity index (χ4v) is 2.00. The van der Waals surface area contributed by atoms with E-state index in [1.165, 1.54) is 0 Å². The molecule has 17 heavy (non-hydrogen) atoms. The Balaban J connectivity index is 2.10. The molecule has 88 valence electrons. The molecule has 0 saturated heterocycles. The normalized spacial score (nSPS) is 12.8. The molecule has 0 amide bonds. The molecule has 0 bridgehead atoms. The van der Waals surface area contributed by atoms with Gasteiger partial charge in [-0.25, -0.2) is 0 Å². The minimum absolute atomic E-state index is 0.498. The van der Waals surface area contributed by atoms with Crippen LogP contribution in [0.5, 0.6) is 5.75 Å². The van der Waals surface area contributed by atoms with Gasteiger partial charge in [-0.2, -0.15) is 0 Å². The van der Waals surface area contributed by atoms with Crippen LogP contribution in [0.4, 0.5) is 0 Å². The van der Waals surface area contributed by atoms with E-state index in [2.05, 4.69) is 15.9 Å². The van der Waals surface area contributed by atoms with E-state index in [9.17, 15) is 0 Å². The molecule has 0 N–H and O–H groups in total. The summed E-state index contributed by atoms with van der Waals surface area (Å²) < 4.78 is 21.9. The van der Waals surface area contributed by atoms with Crippen LogP contribution >= 0.6 is 15.9 Å². The number of halogens is 1. The van der Waals surface area contributed by atoms with Gasteiger partial charge < -0.3 is 4.74 Å². The molecule has 0 aliphatic carbocycles. The van der Waals surface area contributed by atoms with Crippen LogP contribution in [0.15, 0.2) is 53.0 Å². The lowest BCUT2D eigenvalue weighted by Gasteiger charge is -2.09. The van der Waals surface area contributed by atoms with Crippen molar-refractivity contribution in [3.8, 4) is 5.75 Å². The molecule has 0 heterocycles. The molecular weight excluding hydrogens is 276 g/mol. The molecule has 0 saturated carbocycles. The Labute approximate surface area is 113 Å². The highest BCUT2D eigenvalue weighted by Gasteiger charge is 2.02. The number of ether oxygens (including phenoxy) is 1. The van der Waals surface area contributed by atoms with Crippen LogP contribution in [0, 0.1) is 0 Å². The lowest BCUT2D eigenvalue weighted by atomic mass is 10.2. The Kier molecular flexibility index (Phi) is 3.36. The first-order valence-electron chi connectivity index (χ1n) is 6.43. The molecule has 0 atom stereocenters. The molecule has 1 nitrogen and oxygen atoms in total. The smallest absolute Gasteiger partial charge is 0.134 e. The number of hydrogen-bond acceptors (Lipinski definition) is 1. The summed E-state index contributed by atoms with van der Waals surface area (Å²) >= 11 is 3.42. The summed E-state index contributed by atoms with van der Waals surface area (Å²) in [5.41, 5.74) is 1.73. The second-order valence-electron chi connectivity index (χ2n) is 3.67. The van der Waals surface area contributed by atoms with Crippen molar-refractivity contribution < 1.29 is 7.48 Å². The quantitative estimate of drug-likeness (QED) is 0.801. The molecule has 2 rings (SSSR count). The molecule has 0 aliphatic rings. The van der Waals surface area contributed by atoms with E-state index in [-0.39, 0.29) is 0 Å². The first-order valence-corrected chi connectivity index (χ1v) is 6.23. The molecule has 0 unspecified atom stereocenters. The standard InChI is InChI=1S/C15H15BrO/c1-2-12-8-9-15(14(16)10-12)17-11-13-6-4-3-5-7-13/h3-10H,2,11H2,1H3/i2D2. The molecule has 2 heteroatoms. The first-order chi connectivity index (χ1) is 8.97. The number of aryl methyl sites for hydroxylation is 1. The summed E-state index contributed by atoms with van der Waals surface area (Å²) in [7, 11) is 0. The van der Waals surface area contributed by atoms with Gasteiger partial charge in [0.25, 0.3) is 0 Å². The van der Waals surface area contributed by atoms with Gasteiger partial charge in [0, 0.05) is 2.74 Å². The molecule has 0 aliphatic heterocycles. The van der Waals surface area contributed by atoms with Gasteiger partial charge in [-0.3, -0.25) is 0 Å². The lowest BCUT2D eigenvalue weighted by molar-refractivity contribution is 0.304. The number of hydrogen-bond donors (Lipinski definition) is 0. The van der Waals surface area contributed by atoms with Gasteiger partial charge in [-0.1, -0.05) is 43.3 Å². The van der Waals surface area contributed by atoms with Crippen LogP contribution in [0.2, 0.25) is 0 Å². The van der Waals surface area contributed by atoms with E-state index in [0.717, 1.165) is 15.8 Å². The monoisotopic (exact) mass is 292 g/mol. The van der Waals surface area contributed by atoms with E-state index in [1.54, 1.807) is 25.1 Å². The average Bonchev–Trinajstić information content (AvgIpc) is 2.37. The van der Waals surface area contributed by atoms with Gasteiger partial charge in [-0.05, 0) is 45.6 Å². The minimum atomic E-state index is -1.35. The lowest BCUT2D eigenvalue weighted by Crippen LogP contribution is -1.96. The summed E-state index contributed by atoms with van der Waals surface area (Å²) in [4.78, 5) is 0. The van der Waals surface area contributed by atoms with Gasteiger partial charge in [0.05, 0.1) is 4.47 Å². The van der Waals surface area contributed by atoms with Crippen molar-refractivity contribution in [1.82, 2.24) is 0 Å². The van der Waals surface area contributed by atoms with Gasteiger partial charge in [0.1, 0.15) is 12.4 Å². The number of benzene rings is 2. The van der Waals surface area contributed by atoms with Crippen molar-refractivity contribution in [1.29, 1.82) is 0 Å². The van der Waals surface area contributed by atoms with E-state index >= 15 is 0 Å². The molecular formula is C15H15BrO. The van der Waals surface area contributed by atoms with Crippen LogP contribution in [0.1, 0.15) is 20.8 Å². The van der Waals surface area contributed by atoms with Crippen LogP contribution in [-0.4, -0.2) is 0 Å². The maximum atomic E-state index is 7.68. The maximum Gasteiger partial charge on any atom is 0.134 e. The highest BCUT2D eigenvalue weighted by atomic mass is 79.9. The van der Waals surface area contributed by atoms with E-state index in [0.29, 0.717) is 12.2 Å². The molecule has 2 aromatic carbocycles. The third-order valence-electron chi connectivity index (χ3n) is 2.46. The predicted molar refractivity (Wildman–Crippen MR) is 74.3 cm³/mol. The fourth-order valence-electron chi connectivity index (χ4n) is 1.51. The van der Waals surface area contributed by atoms with Gasteiger partial charge in [0.2, 0.25) is 0 Å². The van der Waals surface area contributed by atoms with E-state index in [4.69, 9.17) is 7.48 Å². The Bertz CT molecular complexity index is 550. The third kappa shape index (κ3) is 3.34. The molecule has 2 aromatic rings. The average molecular weight is 293 g/mol. The van der Waals surface area contributed by atoms with Gasteiger partial charge >= 0.3 is 0 Å². The maximum absolute atomic E-state index is 7.68. The predicted octanol–water partition coefficient (Wildman–Crippen LogP) is 4.59.